The molecule has 0 aromatic carbocycles. The summed E-state index contributed by atoms with van der Waals surface area (Å²) in [7, 11) is 1.01. The van der Waals surface area contributed by atoms with E-state index in [1.165, 1.54) is 0 Å². The van der Waals surface area contributed by atoms with Crippen molar-refractivity contribution in [2.45, 2.75) is 6.43 Å². The number of methoxy groups -OCH3 is 1. The fraction of sp³-hybridized carbons (Fsp3) is 0.429. The lowest BCUT2D eigenvalue weighted by atomic mass is 10.5. The topological polar surface area (TPSA) is 52.6 Å². The molecule has 0 rings (SSSR count). The highest BCUT2D eigenvalue weighted by Gasteiger charge is 2.14. The van der Waals surface area contributed by atoms with E-state index in [4.69, 9.17) is 0 Å². The van der Waals surface area contributed by atoms with Gasteiger partial charge in [0.1, 0.15) is 6.61 Å². The fourth-order valence-corrected chi connectivity index (χ4v) is 0.424. The molecule has 0 spiro atoms. The summed E-state index contributed by atoms with van der Waals surface area (Å²) in [4.78, 5) is 20.9. The molecule has 13 heavy (non-hydrogen) atoms. The van der Waals surface area contributed by atoms with Gasteiger partial charge in [-0.1, -0.05) is 0 Å². The maximum absolute atomic E-state index is 11.5. The van der Waals surface area contributed by atoms with Gasteiger partial charge in [0.05, 0.1) is 7.11 Å². The Bertz CT molecular complexity index is 213. The first kappa shape index (κ1) is 11.5. The number of carbonyl (C=O) groups is 2. The van der Waals surface area contributed by atoms with Gasteiger partial charge in [-0.25, -0.2) is 18.4 Å². The first-order valence-electron chi connectivity index (χ1n) is 3.27. The molecule has 0 heterocycles. The largest absolute Gasteiger partial charge is 0.461 e. The molecule has 0 aliphatic rings. The van der Waals surface area contributed by atoms with Crippen LogP contribution in [0, 0.1) is 0 Å². The summed E-state index contributed by atoms with van der Waals surface area (Å²) in [6.07, 6.45) is -1.12. The Morgan fingerprint density at radius 1 is 1.38 bits per heavy atom. The average molecular weight is 194 g/mol. The SMILES string of the molecule is COC(=O)C(=O)OC/C=C/C(F)F. The number of ether oxygens (including phenoxy) is 2. The Morgan fingerprint density at radius 3 is 2.46 bits per heavy atom. The second-order valence-corrected chi connectivity index (χ2v) is 1.85. The lowest BCUT2D eigenvalue weighted by molar-refractivity contribution is -0.165. The quantitative estimate of drug-likeness (QED) is 0.373. The molecular formula is C7H8F2O4. The van der Waals surface area contributed by atoms with Gasteiger partial charge < -0.3 is 9.47 Å². The highest BCUT2D eigenvalue weighted by molar-refractivity contribution is 6.29. The van der Waals surface area contributed by atoms with Crippen LogP contribution in [-0.4, -0.2) is 32.1 Å². The van der Waals surface area contributed by atoms with E-state index in [1.54, 1.807) is 0 Å². The van der Waals surface area contributed by atoms with Gasteiger partial charge >= 0.3 is 11.9 Å². The van der Waals surface area contributed by atoms with E-state index in [0.29, 0.717) is 6.08 Å². The minimum Gasteiger partial charge on any atom is -0.461 e. The molecule has 0 unspecified atom stereocenters. The summed E-state index contributed by atoms with van der Waals surface area (Å²) in [6.45, 7) is -0.377. The van der Waals surface area contributed by atoms with Gasteiger partial charge in [-0.15, -0.1) is 0 Å². The van der Waals surface area contributed by atoms with Crippen molar-refractivity contribution in [3.05, 3.63) is 12.2 Å². The van der Waals surface area contributed by atoms with Crippen molar-refractivity contribution in [2.75, 3.05) is 13.7 Å². The molecule has 0 saturated heterocycles. The van der Waals surface area contributed by atoms with Crippen molar-refractivity contribution in [3.63, 3.8) is 0 Å². The summed E-state index contributed by atoms with van der Waals surface area (Å²) in [5.74, 6) is -2.37. The summed E-state index contributed by atoms with van der Waals surface area (Å²) >= 11 is 0. The van der Waals surface area contributed by atoms with Crippen molar-refractivity contribution >= 4 is 11.9 Å². The zero-order valence-corrected chi connectivity index (χ0v) is 6.83. The predicted molar refractivity (Wildman–Crippen MR) is 38.1 cm³/mol. The van der Waals surface area contributed by atoms with E-state index in [2.05, 4.69) is 9.47 Å². The third kappa shape index (κ3) is 5.77. The number of rotatable bonds is 3. The van der Waals surface area contributed by atoms with Crippen molar-refractivity contribution in [1.29, 1.82) is 0 Å². The van der Waals surface area contributed by atoms with Gasteiger partial charge in [0.25, 0.3) is 6.43 Å². The first-order chi connectivity index (χ1) is 6.07. The number of esters is 2. The van der Waals surface area contributed by atoms with E-state index < -0.39 is 18.4 Å². The Hall–Kier alpha value is -1.46. The van der Waals surface area contributed by atoms with E-state index in [-0.39, 0.29) is 6.61 Å². The van der Waals surface area contributed by atoms with Gasteiger partial charge in [0, 0.05) is 0 Å². The number of halogens is 2. The van der Waals surface area contributed by atoms with Crippen LogP contribution in [0.4, 0.5) is 8.78 Å². The molecule has 0 N–H and O–H groups in total. The van der Waals surface area contributed by atoms with Crippen LogP contribution in [-0.2, 0) is 19.1 Å². The predicted octanol–water partition coefficient (Wildman–Crippen LogP) is 0.524. The zero-order chi connectivity index (χ0) is 10.3. The highest BCUT2D eigenvalue weighted by atomic mass is 19.3. The molecule has 0 aliphatic heterocycles. The second kappa shape index (κ2) is 6.10. The van der Waals surface area contributed by atoms with Crippen molar-refractivity contribution in [3.8, 4) is 0 Å². The van der Waals surface area contributed by atoms with Gasteiger partial charge in [-0.2, -0.15) is 0 Å². The smallest absolute Gasteiger partial charge is 0.417 e. The molecule has 4 nitrogen and oxygen atoms in total. The molecule has 0 aromatic rings. The molecule has 0 radical (unpaired) electrons. The Balaban J connectivity index is 3.65. The van der Waals surface area contributed by atoms with E-state index in [0.717, 1.165) is 13.2 Å². The number of allylic oxidation sites excluding steroid dienone is 1. The molecule has 0 saturated carbocycles. The maximum Gasteiger partial charge on any atom is 0.417 e. The zero-order valence-electron chi connectivity index (χ0n) is 6.83. The van der Waals surface area contributed by atoms with Crippen LogP contribution in [0.1, 0.15) is 0 Å². The second-order valence-electron chi connectivity index (χ2n) is 1.85. The molecule has 0 aromatic heterocycles. The lowest BCUT2D eigenvalue weighted by Crippen LogP contribution is -2.18. The minimum atomic E-state index is -2.60. The van der Waals surface area contributed by atoms with Crippen molar-refractivity contribution < 1.29 is 27.8 Å². The standard InChI is InChI=1S/C7H8F2O4/c1-12-6(10)7(11)13-4-2-3-5(8)9/h2-3,5H,4H2,1H3/b3-2+. The van der Waals surface area contributed by atoms with Crippen LogP contribution in [0.3, 0.4) is 0 Å². The molecule has 6 heteroatoms. The van der Waals surface area contributed by atoms with E-state index in [1.807, 2.05) is 0 Å². The Morgan fingerprint density at radius 2 is 2.00 bits per heavy atom. The summed E-state index contributed by atoms with van der Waals surface area (Å²) in [6, 6.07) is 0. The number of hydrogen-bond acceptors (Lipinski definition) is 4. The van der Waals surface area contributed by atoms with Crippen molar-refractivity contribution in [1.82, 2.24) is 0 Å². The van der Waals surface area contributed by atoms with Gasteiger partial charge in [-0.05, 0) is 12.2 Å². The number of alkyl halides is 2. The van der Waals surface area contributed by atoms with Crippen LogP contribution in [0.2, 0.25) is 0 Å². The molecule has 0 amide bonds. The molecule has 0 bridgehead atoms. The van der Waals surface area contributed by atoms with E-state index in [9.17, 15) is 18.4 Å². The van der Waals surface area contributed by atoms with Gasteiger partial charge in [-0.3, -0.25) is 0 Å². The lowest BCUT2D eigenvalue weighted by Gasteiger charge is -1.98. The average Bonchev–Trinajstić information content (AvgIpc) is 2.10. The van der Waals surface area contributed by atoms with Crippen LogP contribution in [0.15, 0.2) is 12.2 Å². The molecule has 0 fully saturated rings. The number of carbonyl (C=O) groups excluding carboxylic acids is 2. The monoisotopic (exact) mass is 194 g/mol. The minimum absolute atomic E-state index is 0.377. The third-order valence-electron chi connectivity index (χ3n) is 0.944. The Kier molecular flexibility index (Phi) is 5.42. The van der Waals surface area contributed by atoms with Crippen LogP contribution >= 0.6 is 0 Å². The summed E-state index contributed by atoms with van der Waals surface area (Å²) < 4.78 is 31.1. The number of hydrogen-bond donors (Lipinski definition) is 0. The van der Waals surface area contributed by atoms with Gasteiger partial charge in [0.2, 0.25) is 0 Å². The fourth-order valence-electron chi connectivity index (χ4n) is 0.424. The van der Waals surface area contributed by atoms with Crippen molar-refractivity contribution in [2.24, 2.45) is 0 Å². The van der Waals surface area contributed by atoms with Crippen LogP contribution in [0.5, 0.6) is 0 Å². The molecule has 0 atom stereocenters. The maximum atomic E-state index is 11.5. The first-order valence-corrected chi connectivity index (χ1v) is 3.27. The third-order valence-corrected chi connectivity index (χ3v) is 0.944. The van der Waals surface area contributed by atoms with Crippen LogP contribution in [0.25, 0.3) is 0 Å². The summed E-state index contributed by atoms with van der Waals surface area (Å²) in [5.41, 5.74) is 0. The molecule has 0 aliphatic carbocycles. The summed E-state index contributed by atoms with van der Waals surface area (Å²) in [5, 5.41) is 0. The van der Waals surface area contributed by atoms with Crippen LogP contribution < -0.4 is 0 Å². The molecular weight excluding hydrogens is 186 g/mol. The Labute approximate surface area is 73.1 Å². The van der Waals surface area contributed by atoms with E-state index >= 15 is 0 Å². The highest BCUT2D eigenvalue weighted by Crippen LogP contribution is 1.93. The normalized spacial score (nSPS) is 10.5. The van der Waals surface area contributed by atoms with Gasteiger partial charge in [0.15, 0.2) is 0 Å². The molecule has 74 valence electrons.